The van der Waals surface area contributed by atoms with E-state index in [0.717, 1.165) is 25.1 Å². The van der Waals surface area contributed by atoms with E-state index in [2.05, 4.69) is 29.2 Å². The van der Waals surface area contributed by atoms with E-state index in [9.17, 15) is 4.79 Å². The van der Waals surface area contributed by atoms with Crippen LogP contribution in [0.4, 0.5) is 0 Å². The molecule has 0 radical (unpaired) electrons. The second-order valence-electron chi connectivity index (χ2n) is 6.73. The van der Waals surface area contributed by atoms with Gasteiger partial charge in [0.25, 0.3) is 0 Å². The molecule has 0 unspecified atom stereocenters. The third-order valence-corrected chi connectivity index (χ3v) is 4.77. The van der Waals surface area contributed by atoms with E-state index in [0.29, 0.717) is 49.6 Å². The number of carbonyl (C=O) groups is 1. The first-order valence-corrected chi connectivity index (χ1v) is 8.69. The molecule has 0 spiro atoms. The molecule has 2 aliphatic rings. The molecule has 7 nitrogen and oxygen atoms in total. The van der Waals surface area contributed by atoms with Gasteiger partial charge in [-0.15, -0.1) is 0 Å². The Morgan fingerprint density at radius 2 is 2.04 bits per heavy atom. The lowest BCUT2D eigenvalue weighted by atomic mass is 10.1. The first-order valence-electron chi connectivity index (χ1n) is 8.69. The Morgan fingerprint density at radius 3 is 2.68 bits per heavy atom. The molecule has 0 saturated carbocycles. The Morgan fingerprint density at radius 1 is 1.32 bits per heavy atom. The highest BCUT2D eigenvalue weighted by Gasteiger charge is 2.25. The van der Waals surface area contributed by atoms with Crippen LogP contribution in [0.15, 0.2) is 12.1 Å². The third-order valence-electron chi connectivity index (χ3n) is 4.77. The van der Waals surface area contributed by atoms with Gasteiger partial charge in [-0.25, -0.2) is 0 Å². The number of nitrogens with one attached hydrogen (secondary N) is 1. The second-order valence-corrected chi connectivity index (χ2v) is 6.73. The Hall–Kier alpha value is -1.99. The Labute approximate surface area is 148 Å². The summed E-state index contributed by atoms with van der Waals surface area (Å²) in [5, 5.41) is 2.98. The number of fused-ring (bicyclic) bond motifs is 1. The molecule has 7 heteroatoms. The Balaban J connectivity index is 1.55. The molecule has 0 bridgehead atoms. The number of methoxy groups -OCH3 is 1. The van der Waals surface area contributed by atoms with Gasteiger partial charge in [-0.05, 0) is 26.6 Å². The molecule has 1 aromatic carbocycles. The average Bonchev–Trinajstić information content (AvgIpc) is 3.07. The van der Waals surface area contributed by atoms with Gasteiger partial charge in [-0.2, -0.15) is 0 Å². The number of benzene rings is 1. The minimum Gasteiger partial charge on any atom is -0.496 e. The topological polar surface area (TPSA) is 63.3 Å². The fourth-order valence-electron chi connectivity index (χ4n) is 3.27. The summed E-state index contributed by atoms with van der Waals surface area (Å²) in [6.07, 6.45) is 1.11. The lowest BCUT2D eigenvalue weighted by molar-refractivity contribution is -0.122. The molecule has 1 fully saturated rings. The van der Waals surface area contributed by atoms with Gasteiger partial charge in [0.15, 0.2) is 11.5 Å². The first kappa shape index (κ1) is 17.8. The Kier molecular flexibility index (Phi) is 5.65. The van der Waals surface area contributed by atoms with Crippen molar-refractivity contribution in [2.24, 2.45) is 0 Å². The molecule has 2 aliphatic heterocycles. The highest BCUT2D eigenvalue weighted by molar-refractivity contribution is 5.78. The fraction of sp³-hybridized carbons (Fsp3) is 0.611. The van der Waals surface area contributed by atoms with Crippen LogP contribution in [0.2, 0.25) is 0 Å². The minimum absolute atomic E-state index is 0.0244. The highest BCUT2D eigenvalue weighted by Crippen LogP contribution is 2.36. The van der Waals surface area contributed by atoms with E-state index in [1.165, 1.54) is 0 Å². The molecule has 2 heterocycles. The molecule has 138 valence electrons. The van der Waals surface area contributed by atoms with Gasteiger partial charge >= 0.3 is 0 Å². The van der Waals surface area contributed by atoms with Crippen molar-refractivity contribution in [3.05, 3.63) is 17.7 Å². The van der Waals surface area contributed by atoms with Crippen molar-refractivity contribution in [1.82, 2.24) is 15.1 Å². The van der Waals surface area contributed by atoms with Crippen LogP contribution in [0.25, 0.3) is 0 Å². The lowest BCUT2D eigenvalue weighted by Gasteiger charge is -2.21. The quantitative estimate of drug-likeness (QED) is 0.817. The molecule has 1 N–H and O–H groups in total. The van der Waals surface area contributed by atoms with Crippen LogP contribution in [0.1, 0.15) is 12.0 Å². The van der Waals surface area contributed by atoms with Crippen LogP contribution < -0.4 is 19.5 Å². The van der Waals surface area contributed by atoms with E-state index in [-0.39, 0.29) is 5.91 Å². The molecule has 1 amide bonds. The van der Waals surface area contributed by atoms with Gasteiger partial charge in [-0.3, -0.25) is 9.69 Å². The number of ether oxygens (including phenoxy) is 3. The number of carbonyl (C=O) groups excluding carboxylic acids is 1. The molecule has 0 aliphatic carbocycles. The molecule has 1 saturated heterocycles. The van der Waals surface area contributed by atoms with Crippen molar-refractivity contribution in [2.45, 2.75) is 19.0 Å². The number of hydrogen-bond donors (Lipinski definition) is 1. The van der Waals surface area contributed by atoms with Gasteiger partial charge in [0.2, 0.25) is 5.91 Å². The van der Waals surface area contributed by atoms with Crippen molar-refractivity contribution >= 4 is 5.91 Å². The summed E-state index contributed by atoms with van der Waals surface area (Å²) in [5.41, 5.74) is 0.882. The summed E-state index contributed by atoms with van der Waals surface area (Å²) in [7, 11) is 5.78. The minimum atomic E-state index is 0.0244. The van der Waals surface area contributed by atoms with Crippen molar-refractivity contribution < 1.29 is 19.0 Å². The maximum absolute atomic E-state index is 12.3. The smallest absolute Gasteiger partial charge is 0.234 e. The lowest BCUT2D eigenvalue weighted by Crippen LogP contribution is -2.38. The maximum Gasteiger partial charge on any atom is 0.234 e. The molecule has 0 aromatic heterocycles. The van der Waals surface area contributed by atoms with Crippen LogP contribution in [-0.4, -0.2) is 75.8 Å². The Bertz CT molecular complexity index is 621. The number of hydrogen-bond acceptors (Lipinski definition) is 6. The summed E-state index contributed by atoms with van der Waals surface area (Å²) < 4.78 is 16.6. The normalized spacial score (nSPS) is 19.9. The monoisotopic (exact) mass is 349 g/mol. The summed E-state index contributed by atoms with van der Waals surface area (Å²) >= 11 is 0. The number of nitrogens with zero attached hydrogens (tertiary/aromatic N) is 2. The predicted molar refractivity (Wildman–Crippen MR) is 94.4 cm³/mol. The van der Waals surface area contributed by atoms with Crippen LogP contribution in [0.3, 0.4) is 0 Å². The zero-order valence-electron chi connectivity index (χ0n) is 15.2. The summed E-state index contributed by atoms with van der Waals surface area (Å²) in [6, 6.07) is 4.23. The predicted octanol–water partition coefficient (Wildman–Crippen LogP) is 0.719. The summed E-state index contributed by atoms with van der Waals surface area (Å²) in [5.74, 6) is 2.10. The molecular weight excluding hydrogens is 322 g/mol. The molecule has 1 aromatic rings. The van der Waals surface area contributed by atoms with Crippen molar-refractivity contribution in [3.63, 3.8) is 0 Å². The SMILES string of the molecule is COc1cc2c(cc1CNC(=O)CN1CC[C@H](N(C)C)C1)OCCO2. The van der Waals surface area contributed by atoms with E-state index in [1.54, 1.807) is 7.11 Å². The van der Waals surface area contributed by atoms with Gasteiger partial charge in [0.1, 0.15) is 19.0 Å². The summed E-state index contributed by atoms with van der Waals surface area (Å²) in [4.78, 5) is 16.7. The van der Waals surface area contributed by atoms with E-state index in [4.69, 9.17) is 14.2 Å². The van der Waals surface area contributed by atoms with E-state index in [1.807, 2.05) is 12.1 Å². The molecular formula is C18H27N3O4. The van der Waals surface area contributed by atoms with Gasteiger partial charge in [0, 0.05) is 37.3 Å². The summed E-state index contributed by atoms with van der Waals surface area (Å²) in [6.45, 7) is 3.81. The van der Waals surface area contributed by atoms with Gasteiger partial charge in [0.05, 0.1) is 13.7 Å². The fourth-order valence-corrected chi connectivity index (χ4v) is 3.27. The highest BCUT2D eigenvalue weighted by atomic mass is 16.6. The van der Waals surface area contributed by atoms with Crippen molar-refractivity contribution in [1.29, 1.82) is 0 Å². The molecule has 1 atom stereocenters. The van der Waals surface area contributed by atoms with Crippen molar-refractivity contribution in [2.75, 3.05) is 54.1 Å². The molecule has 3 rings (SSSR count). The number of rotatable bonds is 6. The zero-order chi connectivity index (χ0) is 17.8. The maximum atomic E-state index is 12.3. The zero-order valence-corrected chi connectivity index (χ0v) is 15.2. The van der Waals surface area contributed by atoms with Crippen LogP contribution in [-0.2, 0) is 11.3 Å². The van der Waals surface area contributed by atoms with Gasteiger partial charge < -0.3 is 24.4 Å². The van der Waals surface area contributed by atoms with Crippen LogP contribution in [0.5, 0.6) is 17.2 Å². The average molecular weight is 349 g/mol. The third kappa shape index (κ3) is 4.35. The number of amides is 1. The van der Waals surface area contributed by atoms with Crippen molar-refractivity contribution in [3.8, 4) is 17.2 Å². The standard InChI is InChI=1S/C18H27N3O4/c1-20(2)14-4-5-21(11-14)12-18(22)19-10-13-8-16-17(9-15(13)23-3)25-7-6-24-16/h8-9,14H,4-7,10-12H2,1-3H3,(H,19,22)/t14-/m0/s1. The van der Waals surface area contributed by atoms with E-state index < -0.39 is 0 Å². The number of likely N-dealkylation sites (N-methyl/N-ethyl adjacent to an activating group) is 1. The van der Waals surface area contributed by atoms with Gasteiger partial charge in [-0.1, -0.05) is 0 Å². The van der Waals surface area contributed by atoms with Crippen LogP contribution >= 0.6 is 0 Å². The number of likely N-dealkylation sites (tertiary alicyclic amines) is 1. The largest absolute Gasteiger partial charge is 0.496 e. The van der Waals surface area contributed by atoms with Crippen LogP contribution in [0, 0.1) is 0 Å². The van der Waals surface area contributed by atoms with E-state index >= 15 is 0 Å². The second kappa shape index (κ2) is 7.93. The molecule has 25 heavy (non-hydrogen) atoms. The first-order chi connectivity index (χ1) is 12.1.